The molecule has 5 aromatic carbocycles. The Morgan fingerprint density at radius 3 is 1.55 bits per heavy atom. The average Bonchev–Trinajstić information content (AvgIpc) is 3.56. The van der Waals surface area contributed by atoms with Crippen LogP contribution in [0.1, 0.15) is 0 Å². The van der Waals surface area contributed by atoms with Crippen molar-refractivity contribution in [1.29, 1.82) is 0 Å². The molecule has 0 radical (unpaired) electrons. The highest BCUT2D eigenvalue weighted by atomic mass is 16.3. The number of para-hydroxylation sites is 2. The monoisotopic (exact) mass is 487 g/mol. The number of pyridine rings is 1. The molecule has 0 fully saturated rings. The zero-order valence-electron chi connectivity index (χ0n) is 20.4. The summed E-state index contributed by atoms with van der Waals surface area (Å²) in [5, 5.41) is 4.33. The van der Waals surface area contributed by atoms with Crippen molar-refractivity contribution in [1.82, 2.24) is 4.98 Å². The van der Waals surface area contributed by atoms with Crippen LogP contribution in [0.5, 0.6) is 0 Å². The highest BCUT2D eigenvalue weighted by Gasteiger charge is 2.26. The molecule has 3 heterocycles. The van der Waals surface area contributed by atoms with Gasteiger partial charge in [-0.15, -0.1) is 0 Å². The molecule has 0 aliphatic carbocycles. The lowest BCUT2D eigenvalue weighted by atomic mass is 9.89. The van der Waals surface area contributed by atoms with Gasteiger partial charge in [-0.2, -0.15) is 0 Å². The van der Waals surface area contributed by atoms with Gasteiger partial charge in [-0.3, -0.25) is 4.98 Å². The normalized spacial score (nSPS) is 11.7. The van der Waals surface area contributed by atoms with Gasteiger partial charge in [0, 0.05) is 44.4 Å². The first-order valence-corrected chi connectivity index (χ1v) is 12.7. The van der Waals surface area contributed by atoms with Gasteiger partial charge in [-0.25, -0.2) is 0 Å². The topological polar surface area (TPSA) is 39.2 Å². The molecule has 3 nitrogen and oxygen atoms in total. The Morgan fingerprint density at radius 1 is 0.447 bits per heavy atom. The highest BCUT2D eigenvalue weighted by molar-refractivity contribution is 6.32. The average molecular weight is 488 g/mol. The van der Waals surface area contributed by atoms with Crippen LogP contribution in [0.3, 0.4) is 0 Å². The van der Waals surface area contributed by atoms with Gasteiger partial charge in [-0.1, -0.05) is 97.1 Å². The first-order valence-electron chi connectivity index (χ1n) is 12.7. The van der Waals surface area contributed by atoms with Crippen LogP contribution in [-0.2, 0) is 0 Å². The summed E-state index contributed by atoms with van der Waals surface area (Å²) in [4.78, 5) is 4.70. The Morgan fingerprint density at radius 2 is 0.947 bits per heavy atom. The molecule has 0 bridgehead atoms. The minimum Gasteiger partial charge on any atom is -0.455 e. The van der Waals surface area contributed by atoms with Gasteiger partial charge in [0.15, 0.2) is 0 Å². The molecular formula is C35H21NO2. The molecule has 0 unspecified atom stereocenters. The summed E-state index contributed by atoms with van der Waals surface area (Å²) >= 11 is 0. The minimum absolute atomic E-state index is 0.856. The van der Waals surface area contributed by atoms with E-state index in [0.717, 1.165) is 77.4 Å². The molecule has 0 amide bonds. The highest BCUT2D eigenvalue weighted by Crippen LogP contribution is 2.50. The van der Waals surface area contributed by atoms with Crippen molar-refractivity contribution in [3.05, 3.63) is 128 Å². The standard InChI is InChI=1S/C35H21NO2/c1-3-11-22(12-4-1)27-21-24(19-20-36-27)31-30(23-13-5-2-6-14-23)34-32(25-15-7-9-17-28(25)37-34)33-26-16-8-10-18-29(26)38-35(31)33/h1-21H. The molecule has 0 saturated carbocycles. The van der Waals surface area contributed by atoms with Crippen LogP contribution in [0.4, 0.5) is 0 Å². The molecule has 0 aliphatic heterocycles. The Labute approximate surface area is 218 Å². The number of furan rings is 2. The molecule has 0 spiro atoms. The second kappa shape index (κ2) is 8.19. The molecule has 8 aromatic rings. The lowest BCUT2D eigenvalue weighted by Gasteiger charge is -2.13. The van der Waals surface area contributed by atoms with Crippen molar-refractivity contribution in [3.8, 4) is 33.5 Å². The van der Waals surface area contributed by atoms with Crippen molar-refractivity contribution < 1.29 is 8.83 Å². The maximum atomic E-state index is 6.71. The Kier molecular flexibility index (Phi) is 4.52. The number of hydrogen-bond donors (Lipinski definition) is 0. The first-order chi connectivity index (χ1) is 18.9. The van der Waals surface area contributed by atoms with Gasteiger partial charge in [0.05, 0.1) is 5.69 Å². The van der Waals surface area contributed by atoms with E-state index in [2.05, 4.69) is 72.8 Å². The van der Waals surface area contributed by atoms with E-state index in [1.165, 1.54) is 0 Å². The van der Waals surface area contributed by atoms with Gasteiger partial charge in [0.1, 0.15) is 22.3 Å². The zero-order chi connectivity index (χ0) is 25.1. The van der Waals surface area contributed by atoms with Crippen molar-refractivity contribution >= 4 is 43.9 Å². The fraction of sp³-hybridized carbons (Fsp3) is 0. The van der Waals surface area contributed by atoms with E-state index in [9.17, 15) is 0 Å². The van der Waals surface area contributed by atoms with Crippen molar-refractivity contribution in [3.63, 3.8) is 0 Å². The lowest BCUT2D eigenvalue weighted by Crippen LogP contribution is -1.91. The zero-order valence-corrected chi connectivity index (χ0v) is 20.4. The van der Waals surface area contributed by atoms with E-state index in [0.29, 0.717) is 0 Å². The van der Waals surface area contributed by atoms with E-state index < -0.39 is 0 Å². The quantitative estimate of drug-likeness (QED) is 0.249. The van der Waals surface area contributed by atoms with Gasteiger partial charge >= 0.3 is 0 Å². The van der Waals surface area contributed by atoms with Gasteiger partial charge in [-0.05, 0) is 35.4 Å². The number of aromatic nitrogens is 1. The Bertz CT molecular complexity index is 2120. The van der Waals surface area contributed by atoms with Crippen molar-refractivity contribution in [2.75, 3.05) is 0 Å². The molecule has 178 valence electrons. The first kappa shape index (κ1) is 21.0. The van der Waals surface area contributed by atoms with E-state index in [4.69, 9.17) is 13.8 Å². The van der Waals surface area contributed by atoms with Crippen LogP contribution in [0, 0.1) is 0 Å². The van der Waals surface area contributed by atoms with Crippen LogP contribution >= 0.6 is 0 Å². The molecule has 3 heteroatoms. The van der Waals surface area contributed by atoms with Gasteiger partial charge in [0.25, 0.3) is 0 Å². The summed E-state index contributed by atoms with van der Waals surface area (Å²) in [5.74, 6) is 0. The molecule has 0 N–H and O–H groups in total. The summed E-state index contributed by atoms with van der Waals surface area (Å²) in [6.07, 6.45) is 1.88. The maximum absolute atomic E-state index is 6.71. The third-order valence-electron chi connectivity index (χ3n) is 7.33. The number of fused-ring (bicyclic) bond motifs is 7. The summed E-state index contributed by atoms with van der Waals surface area (Å²) in [5.41, 5.74) is 9.57. The molecule has 0 atom stereocenters. The van der Waals surface area contributed by atoms with Crippen LogP contribution < -0.4 is 0 Å². The van der Waals surface area contributed by atoms with Gasteiger partial charge in [0.2, 0.25) is 0 Å². The third-order valence-corrected chi connectivity index (χ3v) is 7.33. The van der Waals surface area contributed by atoms with Crippen LogP contribution in [-0.4, -0.2) is 4.98 Å². The van der Waals surface area contributed by atoms with E-state index in [1.807, 2.05) is 54.7 Å². The molecule has 3 aromatic heterocycles. The second-order valence-corrected chi connectivity index (χ2v) is 9.52. The minimum atomic E-state index is 0.856. The van der Waals surface area contributed by atoms with E-state index in [1.54, 1.807) is 0 Å². The van der Waals surface area contributed by atoms with Crippen LogP contribution in [0.2, 0.25) is 0 Å². The molecule has 8 rings (SSSR count). The predicted octanol–water partition coefficient (Wildman–Crippen LogP) is 9.88. The Hall–Kier alpha value is -5.15. The summed E-state index contributed by atoms with van der Waals surface area (Å²) in [7, 11) is 0. The summed E-state index contributed by atoms with van der Waals surface area (Å²) in [6, 6.07) is 41.5. The van der Waals surface area contributed by atoms with Crippen molar-refractivity contribution in [2.45, 2.75) is 0 Å². The van der Waals surface area contributed by atoms with Gasteiger partial charge < -0.3 is 8.83 Å². The second-order valence-electron chi connectivity index (χ2n) is 9.52. The summed E-state index contributed by atoms with van der Waals surface area (Å²) in [6.45, 7) is 0. The van der Waals surface area contributed by atoms with Crippen LogP contribution in [0.25, 0.3) is 77.4 Å². The predicted molar refractivity (Wildman–Crippen MR) is 155 cm³/mol. The van der Waals surface area contributed by atoms with Crippen LogP contribution in [0.15, 0.2) is 136 Å². The maximum Gasteiger partial charge on any atom is 0.144 e. The largest absolute Gasteiger partial charge is 0.455 e. The number of nitrogens with zero attached hydrogens (tertiary/aromatic N) is 1. The van der Waals surface area contributed by atoms with Crippen molar-refractivity contribution in [2.24, 2.45) is 0 Å². The number of hydrogen-bond acceptors (Lipinski definition) is 3. The molecule has 0 saturated heterocycles. The lowest BCUT2D eigenvalue weighted by molar-refractivity contribution is 0.664. The molecule has 0 aliphatic rings. The smallest absolute Gasteiger partial charge is 0.144 e. The molecule has 38 heavy (non-hydrogen) atoms. The van der Waals surface area contributed by atoms with E-state index in [-0.39, 0.29) is 0 Å². The molecular weight excluding hydrogens is 466 g/mol. The fourth-order valence-corrected chi connectivity index (χ4v) is 5.67. The fourth-order valence-electron chi connectivity index (χ4n) is 5.67. The Balaban J connectivity index is 1.60. The SMILES string of the molecule is c1ccc(-c2cc(-c3c(-c4ccccc4)c4oc5ccccc5c4c4c3oc3ccccc34)ccn2)cc1. The number of benzene rings is 5. The van der Waals surface area contributed by atoms with E-state index >= 15 is 0 Å². The number of rotatable bonds is 3. The summed E-state index contributed by atoms with van der Waals surface area (Å²) < 4.78 is 13.4. The third kappa shape index (κ3) is 3.06.